The average Bonchev–Trinajstić information content (AvgIpc) is 3.72. The average molecular weight is 646 g/mol. The first-order valence-electron chi connectivity index (χ1n) is 16.3. The molecule has 3 aromatic carbocycles. The molecule has 0 radical (unpaired) electrons. The lowest BCUT2D eigenvalue weighted by atomic mass is 9.93. The molecule has 244 valence electrons. The Hall–Kier alpha value is -4.14. The first-order valence-corrected chi connectivity index (χ1v) is 16.3. The number of nitrogens with one attached hydrogen (secondary N) is 1. The summed E-state index contributed by atoms with van der Waals surface area (Å²) in [5.74, 6) is -1.62. The van der Waals surface area contributed by atoms with Gasteiger partial charge < -0.3 is 20.1 Å². The molecule has 2 bridgehead atoms. The summed E-state index contributed by atoms with van der Waals surface area (Å²) in [4.78, 5) is 13.1. The smallest absolute Gasteiger partial charge is 0.319 e. The molecular formula is C36H35F4N5O2. The third-order valence-electron chi connectivity index (χ3n) is 10.2. The Labute approximate surface area is 269 Å². The number of alkyl halides is 2. The Bertz CT molecular complexity index is 1930. The molecule has 11 heteroatoms. The van der Waals surface area contributed by atoms with Gasteiger partial charge >= 0.3 is 6.01 Å². The van der Waals surface area contributed by atoms with Crippen molar-refractivity contribution in [3.8, 4) is 35.2 Å². The molecule has 3 saturated heterocycles. The number of piperidine rings is 1. The van der Waals surface area contributed by atoms with Crippen molar-refractivity contribution in [2.24, 2.45) is 5.41 Å². The second-order valence-corrected chi connectivity index (χ2v) is 13.8. The predicted octanol–water partition coefficient (Wildman–Crippen LogP) is 6.25. The third-order valence-corrected chi connectivity index (χ3v) is 10.2. The van der Waals surface area contributed by atoms with Gasteiger partial charge in [0.2, 0.25) is 0 Å². The number of phenols is 1. The molecule has 2 atom stereocenters. The second-order valence-electron chi connectivity index (χ2n) is 13.8. The number of phenolic OH excluding ortho intramolecular Hbond substituents is 1. The number of benzene rings is 3. The van der Waals surface area contributed by atoms with Gasteiger partial charge in [0, 0.05) is 65.5 Å². The van der Waals surface area contributed by atoms with Crippen molar-refractivity contribution in [2.45, 2.75) is 56.5 Å². The topological polar surface area (TPSA) is 73.8 Å². The standard InChI is InChI=1S/C36H35F4N5O2/c1-2-21-5-3-6-22-13-25(46)14-26(29(21)22)30-28(37)15-27-32(31(30)38)42-34(43-33(27)45-16-23-7-8-24(17-45)41-23)47-20-35(10-11-35)18-44-12-4-9-36(39,40)19-44/h1,3,5-6,13-15,23-24,41,46H,4,7-12,16-20H2. The highest BCUT2D eigenvalue weighted by Gasteiger charge is 2.47. The van der Waals surface area contributed by atoms with Gasteiger partial charge in [-0.3, -0.25) is 4.90 Å². The largest absolute Gasteiger partial charge is 0.508 e. The molecule has 2 N–H and O–H groups in total. The molecule has 7 nitrogen and oxygen atoms in total. The zero-order chi connectivity index (χ0) is 32.5. The lowest BCUT2D eigenvalue weighted by Gasteiger charge is -2.35. The molecule has 1 aliphatic carbocycles. The lowest BCUT2D eigenvalue weighted by molar-refractivity contribution is -0.0694. The normalized spacial score (nSPS) is 23.3. The van der Waals surface area contributed by atoms with Gasteiger partial charge in [0.05, 0.1) is 18.7 Å². The molecule has 3 aliphatic heterocycles. The molecule has 0 spiro atoms. The van der Waals surface area contributed by atoms with E-state index in [-0.39, 0.29) is 70.9 Å². The fraction of sp³-hybridized carbons (Fsp3) is 0.444. The Morgan fingerprint density at radius 2 is 1.85 bits per heavy atom. The van der Waals surface area contributed by atoms with E-state index < -0.39 is 17.6 Å². The molecule has 4 heterocycles. The summed E-state index contributed by atoms with van der Waals surface area (Å²) in [6, 6.07) is 9.61. The quantitative estimate of drug-likeness (QED) is 0.182. The van der Waals surface area contributed by atoms with Gasteiger partial charge in [-0.1, -0.05) is 18.1 Å². The van der Waals surface area contributed by atoms with Gasteiger partial charge in [0.15, 0.2) is 5.82 Å². The van der Waals surface area contributed by atoms with Crippen LogP contribution in [0, 0.1) is 29.4 Å². The van der Waals surface area contributed by atoms with Gasteiger partial charge in [0.25, 0.3) is 5.92 Å². The third kappa shape index (κ3) is 5.61. The number of aromatic nitrogens is 2. The summed E-state index contributed by atoms with van der Waals surface area (Å²) in [5, 5.41) is 15.3. The summed E-state index contributed by atoms with van der Waals surface area (Å²) in [6.45, 7) is 2.26. The fourth-order valence-corrected chi connectivity index (χ4v) is 7.81. The van der Waals surface area contributed by atoms with Gasteiger partial charge in [-0.05, 0) is 68.3 Å². The predicted molar refractivity (Wildman–Crippen MR) is 172 cm³/mol. The molecule has 4 fully saturated rings. The number of ether oxygens (including phenoxy) is 1. The maximum Gasteiger partial charge on any atom is 0.319 e. The summed E-state index contributed by atoms with van der Waals surface area (Å²) >= 11 is 0. The van der Waals surface area contributed by atoms with Crippen LogP contribution in [0.15, 0.2) is 36.4 Å². The first-order chi connectivity index (χ1) is 22.6. The number of terminal acetylenes is 1. The molecule has 1 saturated carbocycles. The van der Waals surface area contributed by atoms with Crippen LogP contribution in [0.1, 0.15) is 44.1 Å². The van der Waals surface area contributed by atoms with Crippen molar-refractivity contribution in [2.75, 3.05) is 44.2 Å². The zero-order valence-electron chi connectivity index (χ0n) is 25.8. The number of nitrogens with zero attached hydrogens (tertiary/aromatic N) is 4. The Balaban J connectivity index is 1.21. The molecule has 2 unspecified atom stereocenters. The molecule has 4 aromatic rings. The molecular weight excluding hydrogens is 610 g/mol. The number of fused-ring (bicyclic) bond motifs is 4. The Morgan fingerprint density at radius 3 is 2.57 bits per heavy atom. The van der Waals surface area contributed by atoms with Crippen molar-refractivity contribution >= 4 is 27.5 Å². The van der Waals surface area contributed by atoms with Gasteiger partial charge in [-0.2, -0.15) is 9.97 Å². The highest BCUT2D eigenvalue weighted by atomic mass is 19.3. The van der Waals surface area contributed by atoms with Crippen LogP contribution in [0.5, 0.6) is 11.8 Å². The fourth-order valence-electron chi connectivity index (χ4n) is 7.81. The van der Waals surface area contributed by atoms with E-state index in [0.717, 1.165) is 25.7 Å². The van der Waals surface area contributed by atoms with Crippen LogP contribution in [0.2, 0.25) is 0 Å². The minimum Gasteiger partial charge on any atom is -0.508 e. The number of aromatic hydroxyl groups is 1. The summed E-state index contributed by atoms with van der Waals surface area (Å²) in [6.07, 6.45) is 9.78. The molecule has 1 aromatic heterocycles. The van der Waals surface area contributed by atoms with Gasteiger partial charge in [-0.15, -0.1) is 6.42 Å². The van der Waals surface area contributed by atoms with Gasteiger partial charge in [0.1, 0.15) is 22.9 Å². The minimum atomic E-state index is -2.69. The number of rotatable bonds is 7. The monoisotopic (exact) mass is 645 g/mol. The first kappa shape index (κ1) is 30.2. The highest BCUT2D eigenvalue weighted by molar-refractivity contribution is 6.04. The maximum atomic E-state index is 16.8. The molecule has 0 amide bonds. The summed E-state index contributed by atoms with van der Waals surface area (Å²) in [7, 11) is 0. The van der Waals surface area contributed by atoms with E-state index >= 15 is 8.78 Å². The van der Waals surface area contributed by atoms with Gasteiger partial charge in [-0.25, -0.2) is 17.6 Å². The van der Waals surface area contributed by atoms with E-state index in [0.29, 0.717) is 54.8 Å². The van der Waals surface area contributed by atoms with Crippen LogP contribution in [0.4, 0.5) is 23.4 Å². The van der Waals surface area contributed by atoms with E-state index in [1.54, 1.807) is 18.2 Å². The van der Waals surface area contributed by atoms with Crippen molar-refractivity contribution in [1.82, 2.24) is 20.2 Å². The van der Waals surface area contributed by atoms with Crippen LogP contribution in [-0.4, -0.2) is 77.3 Å². The molecule has 8 rings (SSSR count). The number of anilines is 1. The van der Waals surface area contributed by atoms with Crippen LogP contribution >= 0.6 is 0 Å². The van der Waals surface area contributed by atoms with Crippen LogP contribution < -0.4 is 15.0 Å². The molecule has 4 aliphatic rings. The Morgan fingerprint density at radius 1 is 1.06 bits per heavy atom. The molecule has 47 heavy (non-hydrogen) atoms. The van der Waals surface area contributed by atoms with E-state index in [9.17, 15) is 13.9 Å². The SMILES string of the molecule is C#Cc1cccc2cc(O)cc(-c3c(F)cc4c(N5CC6CCC(C5)N6)nc(OCC5(CN6CCCC(F)(F)C6)CC5)nc4c3F)c12. The van der Waals surface area contributed by atoms with E-state index in [1.165, 1.54) is 18.2 Å². The summed E-state index contributed by atoms with van der Waals surface area (Å²) in [5.41, 5.74) is -0.229. The van der Waals surface area contributed by atoms with Crippen molar-refractivity contribution < 1.29 is 27.4 Å². The number of hydrogen-bond acceptors (Lipinski definition) is 7. The van der Waals surface area contributed by atoms with E-state index in [1.807, 2.05) is 9.80 Å². The second kappa shape index (κ2) is 11.2. The van der Waals surface area contributed by atoms with E-state index in [4.69, 9.17) is 16.1 Å². The number of halogens is 4. The van der Waals surface area contributed by atoms with Crippen molar-refractivity contribution in [3.63, 3.8) is 0 Å². The number of likely N-dealkylation sites (tertiary alicyclic amines) is 1. The zero-order valence-corrected chi connectivity index (χ0v) is 25.8. The van der Waals surface area contributed by atoms with Crippen LogP contribution in [-0.2, 0) is 0 Å². The maximum absolute atomic E-state index is 16.8. The van der Waals surface area contributed by atoms with Crippen molar-refractivity contribution in [1.29, 1.82) is 0 Å². The summed E-state index contributed by atoms with van der Waals surface area (Å²) < 4.78 is 67.5. The van der Waals surface area contributed by atoms with Crippen LogP contribution in [0.3, 0.4) is 0 Å². The number of hydrogen-bond donors (Lipinski definition) is 2. The minimum absolute atomic E-state index is 0.0461. The highest BCUT2D eigenvalue weighted by Crippen LogP contribution is 2.48. The van der Waals surface area contributed by atoms with E-state index in [2.05, 4.69) is 16.2 Å². The van der Waals surface area contributed by atoms with Crippen molar-refractivity contribution in [3.05, 3.63) is 53.6 Å². The van der Waals surface area contributed by atoms with Crippen LogP contribution in [0.25, 0.3) is 32.8 Å². The Kier molecular flexibility index (Phi) is 7.22. The number of piperazine rings is 1. The lowest BCUT2D eigenvalue weighted by Crippen LogP contribution is -2.51.